The average molecular weight is 283 g/mol. The SMILES string of the molecule is O=P(OCCl)(Oc1ccccc1)c1ccccc1. The average Bonchev–Trinajstić information content (AvgIpc) is 2.41. The fraction of sp³-hybridized carbons (Fsp3) is 0.0769. The van der Waals surface area contributed by atoms with E-state index in [1.54, 1.807) is 48.5 Å². The summed E-state index contributed by atoms with van der Waals surface area (Å²) in [6.45, 7) is 0. The summed E-state index contributed by atoms with van der Waals surface area (Å²) in [5.74, 6) is 0.481. The van der Waals surface area contributed by atoms with Gasteiger partial charge in [0.1, 0.15) is 11.8 Å². The first kappa shape index (κ1) is 13.2. The molecule has 0 aromatic heterocycles. The molecule has 0 bridgehead atoms. The number of benzene rings is 2. The highest BCUT2D eigenvalue weighted by Gasteiger charge is 2.28. The lowest BCUT2D eigenvalue weighted by atomic mass is 10.3. The molecule has 5 heteroatoms. The van der Waals surface area contributed by atoms with Gasteiger partial charge in [0.2, 0.25) is 0 Å². The van der Waals surface area contributed by atoms with Gasteiger partial charge in [-0.2, -0.15) is 0 Å². The van der Waals surface area contributed by atoms with Crippen molar-refractivity contribution >= 4 is 24.5 Å². The number of rotatable bonds is 5. The normalized spacial score (nSPS) is 13.8. The van der Waals surface area contributed by atoms with Crippen molar-refractivity contribution < 1.29 is 13.6 Å². The predicted octanol–water partition coefficient (Wildman–Crippen LogP) is 3.80. The molecule has 2 aromatic rings. The Morgan fingerprint density at radius 3 is 2.06 bits per heavy atom. The summed E-state index contributed by atoms with van der Waals surface area (Å²) in [5.41, 5.74) is 0. The summed E-state index contributed by atoms with van der Waals surface area (Å²) >= 11 is 5.53. The topological polar surface area (TPSA) is 35.5 Å². The van der Waals surface area contributed by atoms with E-state index in [-0.39, 0.29) is 6.07 Å². The van der Waals surface area contributed by atoms with Crippen molar-refractivity contribution in [1.82, 2.24) is 0 Å². The first-order valence-corrected chi connectivity index (χ1v) is 7.43. The number of alkyl halides is 1. The molecule has 18 heavy (non-hydrogen) atoms. The highest BCUT2D eigenvalue weighted by molar-refractivity contribution is 7.62. The van der Waals surface area contributed by atoms with E-state index < -0.39 is 7.60 Å². The molecule has 0 aliphatic rings. The zero-order valence-electron chi connectivity index (χ0n) is 9.53. The molecule has 0 heterocycles. The Balaban J connectivity index is 2.31. The lowest BCUT2D eigenvalue weighted by Crippen LogP contribution is -2.11. The van der Waals surface area contributed by atoms with Crippen LogP contribution >= 0.6 is 19.2 Å². The van der Waals surface area contributed by atoms with Crippen molar-refractivity contribution in [3.05, 3.63) is 60.7 Å². The predicted molar refractivity (Wildman–Crippen MR) is 72.6 cm³/mol. The molecular weight excluding hydrogens is 271 g/mol. The molecule has 2 rings (SSSR count). The second-order valence-corrected chi connectivity index (χ2v) is 5.65. The minimum Gasteiger partial charge on any atom is -0.421 e. The van der Waals surface area contributed by atoms with Gasteiger partial charge in [0.15, 0.2) is 0 Å². The third-order valence-electron chi connectivity index (χ3n) is 2.26. The van der Waals surface area contributed by atoms with E-state index in [4.69, 9.17) is 20.6 Å². The highest BCUT2D eigenvalue weighted by atomic mass is 35.5. The van der Waals surface area contributed by atoms with Crippen LogP contribution in [0.4, 0.5) is 0 Å². The Labute approximate surface area is 111 Å². The summed E-state index contributed by atoms with van der Waals surface area (Å²) in [5, 5.41) is 0.481. The van der Waals surface area contributed by atoms with E-state index in [9.17, 15) is 4.57 Å². The molecule has 3 nitrogen and oxygen atoms in total. The van der Waals surface area contributed by atoms with Gasteiger partial charge in [-0.25, -0.2) is 4.57 Å². The van der Waals surface area contributed by atoms with Crippen molar-refractivity contribution in [3.8, 4) is 5.75 Å². The van der Waals surface area contributed by atoms with Crippen LogP contribution in [0, 0.1) is 0 Å². The summed E-state index contributed by atoms with van der Waals surface area (Å²) < 4.78 is 23.3. The van der Waals surface area contributed by atoms with Gasteiger partial charge in [-0.1, -0.05) is 48.0 Å². The summed E-state index contributed by atoms with van der Waals surface area (Å²) in [6.07, 6.45) is 0. The Hall–Kier alpha value is -1.28. The van der Waals surface area contributed by atoms with Crippen LogP contribution in [-0.4, -0.2) is 6.07 Å². The number of halogens is 1. The van der Waals surface area contributed by atoms with E-state index in [1.807, 2.05) is 12.1 Å². The van der Waals surface area contributed by atoms with Gasteiger partial charge in [-0.05, 0) is 24.3 Å². The molecule has 0 amide bonds. The van der Waals surface area contributed by atoms with Gasteiger partial charge < -0.3 is 4.52 Å². The Morgan fingerprint density at radius 1 is 0.944 bits per heavy atom. The van der Waals surface area contributed by atoms with E-state index in [2.05, 4.69) is 0 Å². The summed E-state index contributed by atoms with van der Waals surface area (Å²) in [6, 6.07) is 17.4. The molecule has 0 N–H and O–H groups in total. The van der Waals surface area contributed by atoms with Gasteiger partial charge in [0, 0.05) is 0 Å². The second-order valence-electron chi connectivity index (χ2n) is 3.48. The van der Waals surface area contributed by atoms with Crippen molar-refractivity contribution in [2.24, 2.45) is 0 Å². The molecule has 0 aliphatic heterocycles. The standard InChI is InChI=1S/C13H12ClO3P/c14-11-16-18(15,13-9-5-2-6-10-13)17-12-7-3-1-4-8-12/h1-10H,11H2. The molecule has 0 saturated carbocycles. The summed E-state index contributed by atoms with van der Waals surface area (Å²) in [7, 11) is -3.43. The molecule has 0 spiro atoms. The van der Waals surface area contributed by atoms with Gasteiger partial charge in [-0.15, -0.1) is 0 Å². The van der Waals surface area contributed by atoms with Crippen LogP contribution in [-0.2, 0) is 9.09 Å². The maximum Gasteiger partial charge on any atom is 0.411 e. The van der Waals surface area contributed by atoms with Crippen LogP contribution in [0.1, 0.15) is 0 Å². The molecule has 0 saturated heterocycles. The smallest absolute Gasteiger partial charge is 0.411 e. The van der Waals surface area contributed by atoms with E-state index in [0.717, 1.165) is 0 Å². The molecule has 0 fully saturated rings. The van der Waals surface area contributed by atoms with Crippen LogP contribution in [0.5, 0.6) is 5.75 Å². The fourth-order valence-corrected chi connectivity index (χ4v) is 3.21. The third kappa shape index (κ3) is 3.14. The molecule has 0 radical (unpaired) electrons. The first-order chi connectivity index (χ1) is 8.74. The van der Waals surface area contributed by atoms with Gasteiger partial charge >= 0.3 is 7.60 Å². The molecule has 1 atom stereocenters. The lowest BCUT2D eigenvalue weighted by Gasteiger charge is -2.18. The molecule has 1 unspecified atom stereocenters. The number of hydrogen-bond acceptors (Lipinski definition) is 3. The van der Waals surface area contributed by atoms with Gasteiger partial charge in [0.05, 0.1) is 5.30 Å². The monoisotopic (exact) mass is 282 g/mol. The van der Waals surface area contributed by atoms with Gasteiger partial charge in [-0.3, -0.25) is 4.52 Å². The van der Waals surface area contributed by atoms with E-state index in [1.165, 1.54) is 0 Å². The van der Waals surface area contributed by atoms with Crippen molar-refractivity contribution in [2.75, 3.05) is 6.07 Å². The maximum atomic E-state index is 12.7. The van der Waals surface area contributed by atoms with Crippen LogP contribution in [0.25, 0.3) is 0 Å². The molecule has 94 valence electrons. The summed E-state index contributed by atoms with van der Waals surface area (Å²) in [4.78, 5) is 0. The Morgan fingerprint density at radius 2 is 1.50 bits per heavy atom. The maximum absolute atomic E-state index is 12.7. The number of hydrogen-bond donors (Lipinski definition) is 0. The zero-order valence-corrected chi connectivity index (χ0v) is 11.2. The molecule has 0 aliphatic carbocycles. The Bertz CT molecular complexity index is 530. The van der Waals surface area contributed by atoms with Gasteiger partial charge in [0.25, 0.3) is 0 Å². The third-order valence-corrected chi connectivity index (χ3v) is 4.37. The van der Waals surface area contributed by atoms with Crippen LogP contribution in [0.3, 0.4) is 0 Å². The molecular formula is C13H12ClO3P. The van der Waals surface area contributed by atoms with Crippen molar-refractivity contribution in [3.63, 3.8) is 0 Å². The van der Waals surface area contributed by atoms with E-state index in [0.29, 0.717) is 11.1 Å². The fourth-order valence-electron chi connectivity index (χ4n) is 1.45. The van der Waals surface area contributed by atoms with Crippen LogP contribution < -0.4 is 9.83 Å². The zero-order chi connectivity index (χ0) is 12.8. The number of para-hydroxylation sites is 1. The molecule has 2 aromatic carbocycles. The highest BCUT2D eigenvalue weighted by Crippen LogP contribution is 2.47. The van der Waals surface area contributed by atoms with Crippen LogP contribution in [0.15, 0.2) is 60.7 Å². The minimum absolute atomic E-state index is 0.195. The second kappa shape index (κ2) is 6.05. The van der Waals surface area contributed by atoms with E-state index >= 15 is 0 Å². The quantitative estimate of drug-likeness (QED) is 0.618. The largest absolute Gasteiger partial charge is 0.421 e. The van der Waals surface area contributed by atoms with Crippen molar-refractivity contribution in [1.29, 1.82) is 0 Å². The minimum atomic E-state index is -3.43. The van der Waals surface area contributed by atoms with Crippen LogP contribution in [0.2, 0.25) is 0 Å². The first-order valence-electron chi connectivity index (χ1n) is 5.35. The van der Waals surface area contributed by atoms with Crippen molar-refractivity contribution in [2.45, 2.75) is 0 Å². The lowest BCUT2D eigenvalue weighted by molar-refractivity contribution is 0.318. The Kier molecular flexibility index (Phi) is 4.43.